The zero-order chi connectivity index (χ0) is 14.3. The molecule has 0 atom stereocenters. The number of hydrogen-bond acceptors (Lipinski definition) is 3. The molecule has 1 fully saturated rings. The molecule has 0 spiro atoms. The molecule has 1 aliphatic rings. The van der Waals surface area contributed by atoms with E-state index in [4.69, 9.17) is 0 Å². The van der Waals surface area contributed by atoms with Crippen molar-refractivity contribution < 1.29 is 21.6 Å². The van der Waals surface area contributed by atoms with Gasteiger partial charge in [-0.15, -0.1) is 0 Å². The highest BCUT2D eigenvalue weighted by atomic mass is 79.9. The van der Waals surface area contributed by atoms with Gasteiger partial charge in [0.25, 0.3) is 0 Å². The Labute approximate surface area is 117 Å². The molecule has 0 N–H and O–H groups in total. The lowest BCUT2D eigenvalue weighted by molar-refractivity contribution is -0.137. The number of rotatable bonds is 1. The van der Waals surface area contributed by atoms with Crippen LogP contribution in [0.4, 0.5) is 18.9 Å². The molecule has 0 radical (unpaired) electrons. The standard InChI is InChI=1S/C11H11BrF3NO2S/c12-9-2-1-8(11(13,14)15)7-10(9)16-3-5-19(17,18)6-4-16/h1-2,7H,3-6H2. The van der Waals surface area contributed by atoms with Crippen LogP contribution in [0, 0.1) is 0 Å². The Hall–Kier alpha value is -0.760. The number of nitrogens with zero attached hydrogens (tertiary/aromatic N) is 1. The third-order valence-corrected chi connectivity index (χ3v) is 5.24. The lowest BCUT2D eigenvalue weighted by atomic mass is 10.2. The first-order valence-electron chi connectivity index (χ1n) is 5.51. The highest BCUT2D eigenvalue weighted by Crippen LogP contribution is 2.35. The van der Waals surface area contributed by atoms with E-state index in [0.29, 0.717) is 10.2 Å². The van der Waals surface area contributed by atoms with Crippen molar-refractivity contribution in [1.82, 2.24) is 0 Å². The molecule has 1 saturated heterocycles. The van der Waals surface area contributed by atoms with Gasteiger partial charge >= 0.3 is 6.18 Å². The predicted octanol–water partition coefficient (Wildman–Crippen LogP) is 2.70. The molecule has 19 heavy (non-hydrogen) atoms. The molecule has 1 aromatic rings. The summed E-state index contributed by atoms with van der Waals surface area (Å²) in [6.07, 6.45) is -4.41. The molecule has 1 heterocycles. The van der Waals surface area contributed by atoms with Crippen LogP contribution in [0.3, 0.4) is 0 Å². The van der Waals surface area contributed by atoms with Crippen molar-refractivity contribution in [3.63, 3.8) is 0 Å². The fourth-order valence-corrected chi connectivity index (χ4v) is 3.58. The fraction of sp³-hybridized carbons (Fsp3) is 0.455. The van der Waals surface area contributed by atoms with Gasteiger partial charge in [-0.1, -0.05) is 0 Å². The van der Waals surface area contributed by atoms with Crippen LogP contribution in [0.5, 0.6) is 0 Å². The van der Waals surface area contributed by atoms with Gasteiger partial charge in [0.2, 0.25) is 0 Å². The van der Waals surface area contributed by atoms with Crippen molar-refractivity contribution in [2.45, 2.75) is 6.18 Å². The highest BCUT2D eigenvalue weighted by Gasteiger charge is 2.32. The summed E-state index contributed by atoms with van der Waals surface area (Å²) in [4.78, 5) is 1.65. The van der Waals surface area contributed by atoms with E-state index in [9.17, 15) is 21.6 Å². The van der Waals surface area contributed by atoms with Gasteiger partial charge < -0.3 is 4.90 Å². The Bertz CT molecular complexity index is 572. The van der Waals surface area contributed by atoms with Gasteiger partial charge in [0.1, 0.15) is 0 Å². The van der Waals surface area contributed by atoms with Crippen molar-refractivity contribution in [2.75, 3.05) is 29.5 Å². The SMILES string of the molecule is O=S1(=O)CCN(c2cc(C(F)(F)F)ccc2Br)CC1. The van der Waals surface area contributed by atoms with Gasteiger partial charge in [-0.05, 0) is 34.1 Å². The van der Waals surface area contributed by atoms with E-state index in [0.717, 1.165) is 12.1 Å². The number of sulfone groups is 1. The minimum Gasteiger partial charge on any atom is -0.369 e. The lowest BCUT2D eigenvalue weighted by Gasteiger charge is -2.30. The van der Waals surface area contributed by atoms with E-state index in [1.807, 2.05) is 0 Å². The molecule has 0 saturated carbocycles. The van der Waals surface area contributed by atoms with E-state index in [1.54, 1.807) is 4.90 Å². The van der Waals surface area contributed by atoms with Gasteiger partial charge in [0.05, 0.1) is 22.8 Å². The average molecular weight is 358 g/mol. The zero-order valence-electron chi connectivity index (χ0n) is 9.74. The van der Waals surface area contributed by atoms with Gasteiger partial charge in [-0.3, -0.25) is 0 Å². The summed E-state index contributed by atoms with van der Waals surface area (Å²) in [5.41, 5.74) is -0.358. The largest absolute Gasteiger partial charge is 0.416 e. The van der Waals surface area contributed by atoms with Gasteiger partial charge in [-0.25, -0.2) is 8.42 Å². The van der Waals surface area contributed by atoms with Crippen LogP contribution in [0.1, 0.15) is 5.56 Å². The molecule has 1 aromatic carbocycles. The predicted molar refractivity (Wildman–Crippen MR) is 70.0 cm³/mol. The summed E-state index contributed by atoms with van der Waals surface area (Å²) < 4.78 is 61.1. The van der Waals surface area contributed by atoms with Crippen molar-refractivity contribution in [1.29, 1.82) is 0 Å². The maximum Gasteiger partial charge on any atom is 0.416 e. The minimum absolute atomic E-state index is 0.0321. The van der Waals surface area contributed by atoms with Gasteiger partial charge in [0, 0.05) is 17.6 Å². The molecular formula is C11H11BrF3NO2S. The fourth-order valence-electron chi connectivity index (χ4n) is 1.88. The molecule has 1 aliphatic heterocycles. The Morgan fingerprint density at radius 3 is 2.26 bits per heavy atom. The molecule has 8 heteroatoms. The summed E-state index contributed by atoms with van der Waals surface area (Å²) >= 11 is 3.20. The van der Waals surface area contributed by atoms with Crippen LogP contribution in [0.15, 0.2) is 22.7 Å². The van der Waals surface area contributed by atoms with E-state index in [2.05, 4.69) is 15.9 Å². The van der Waals surface area contributed by atoms with E-state index < -0.39 is 21.6 Å². The quantitative estimate of drug-likeness (QED) is 0.775. The second kappa shape index (κ2) is 4.97. The number of alkyl halides is 3. The Morgan fingerprint density at radius 1 is 1.16 bits per heavy atom. The summed E-state index contributed by atoms with van der Waals surface area (Å²) in [6, 6.07) is 3.37. The molecule has 0 aliphatic carbocycles. The third kappa shape index (κ3) is 3.42. The topological polar surface area (TPSA) is 37.4 Å². The third-order valence-electron chi connectivity index (χ3n) is 2.96. The normalized spacial score (nSPS) is 19.5. The monoisotopic (exact) mass is 357 g/mol. The molecule has 0 amide bonds. The summed E-state index contributed by atoms with van der Waals surface area (Å²) in [6.45, 7) is 0.421. The van der Waals surface area contributed by atoms with Crippen LogP contribution in [0.25, 0.3) is 0 Å². The maximum atomic E-state index is 12.7. The molecule has 0 aromatic heterocycles. The van der Waals surface area contributed by atoms with E-state index >= 15 is 0 Å². The Morgan fingerprint density at radius 2 is 1.74 bits per heavy atom. The number of halogens is 4. The second-order valence-corrected chi connectivity index (χ2v) is 7.46. The first-order chi connectivity index (χ1) is 8.69. The van der Waals surface area contributed by atoms with Crippen LogP contribution in [-0.2, 0) is 16.0 Å². The Kier molecular flexibility index (Phi) is 3.83. The van der Waals surface area contributed by atoms with E-state index in [-0.39, 0.29) is 24.6 Å². The van der Waals surface area contributed by atoms with Gasteiger partial charge in [0.15, 0.2) is 9.84 Å². The first kappa shape index (κ1) is 14.6. The molecule has 0 bridgehead atoms. The molecular weight excluding hydrogens is 347 g/mol. The summed E-state index contributed by atoms with van der Waals surface area (Å²) in [5.74, 6) is -0.0641. The van der Waals surface area contributed by atoms with Crippen LogP contribution in [-0.4, -0.2) is 33.0 Å². The summed E-state index contributed by atoms with van der Waals surface area (Å²) in [5, 5.41) is 0. The second-order valence-electron chi connectivity index (χ2n) is 4.30. The van der Waals surface area contributed by atoms with Crippen LogP contribution >= 0.6 is 15.9 Å². The number of hydrogen-bond donors (Lipinski definition) is 0. The summed E-state index contributed by atoms with van der Waals surface area (Å²) in [7, 11) is -3.05. The smallest absolute Gasteiger partial charge is 0.369 e. The number of benzene rings is 1. The molecule has 2 rings (SSSR count). The number of anilines is 1. The zero-order valence-corrected chi connectivity index (χ0v) is 12.1. The van der Waals surface area contributed by atoms with Crippen molar-refractivity contribution >= 4 is 31.5 Å². The first-order valence-corrected chi connectivity index (χ1v) is 8.13. The van der Waals surface area contributed by atoms with Crippen LogP contribution in [0.2, 0.25) is 0 Å². The van der Waals surface area contributed by atoms with Crippen molar-refractivity contribution in [3.8, 4) is 0 Å². The molecule has 0 unspecified atom stereocenters. The van der Waals surface area contributed by atoms with Crippen molar-refractivity contribution in [3.05, 3.63) is 28.2 Å². The van der Waals surface area contributed by atoms with Crippen molar-refractivity contribution in [2.24, 2.45) is 0 Å². The molecule has 106 valence electrons. The van der Waals surface area contributed by atoms with Gasteiger partial charge in [-0.2, -0.15) is 13.2 Å². The van der Waals surface area contributed by atoms with Crippen LogP contribution < -0.4 is 4.90 Å². The molecule has 3 nitrogen and oxygen atoms in total. The average Bonchev–Trinajstić information content (AvgIpc) is 2.29. The highest BCUT2D eigenvalue weighted by molar-refractivity contribution is 9.10. The minimum atomic E-state index is -4.41. The maximum absolute atomic E-state index is 12.7. The Balaban J connectivity index is 2.30. The van der Waals surface area contributed by atoms with E-state index in [1.165, 1.54) is 6.07 Å². The lowest BCUT2D eigenvalue weighted by Crippen LogP contribution is -2.40.